The van der Waals surface area contributed by atoms with Crippen LogP contribution in [0.1, 0.15) is 27.3 Å². The molecule has 1 aromatic heterocycles. The second kappa shape index (κ2) is 7.47. The number of carbonyl (C=O) groups excluding carboxylic acids is 2. The van der Waals surface area contributed by atoms with Crippen molar-refractivity contribution in [3.63, 3.8) is 0 Å². The maximum Gasteiger partial charge on any atom is 0.322 e. The first-order valence-electron chi connectivity index (χ1n) is 9.73. The third-order valence-electron chi connectivity index (χ3n) is 5.64. The molecule has 3 N–H and O–H groups in total. The Morgan fingerprint density at radius 3 is 2.90 bits per heavy atom. The zero-order chi connectivity index (χ0) is 20.7. The number of nitrogens with one attached hydrogen (secondary N) is 1. The predicted octanol–water partition coefficient (Wildman–Crippen LogP) is 1.58. The average molecular weight is 400 g/mol. The number of carbonyl (C=O) groups is 2. The van der Waals surface area contributed by atoms with Crippen LogP contribution in [0.3, 0.4) is 0 Å². The van der Waals surface area contributed by atoms with Crippen molar-refractivity contribution < 1.29 is 14.0 Å². The van der Waals surface area contributed by atoms with Gasteiger partial charge < -0.3 is 20.9 Å². The maximum atomic E-state index is 13.5. The molecule has 0 fully saturated rings. The van der Waals surface area contributed by atoms with Crippen LogP contribution in [0.4, 0.5) is 14.9 Å². The number of aryl methyl sites for hydroxylation is 1. The van der Waals surface area contributed by atoms with Crippen LogP contribution in [0.2, 0.25) is 0 Å². The summed E-state index contributed by atoms with van der Waals surface area (Å²) in [4.78, 5) is 29.0. The van der Waals surface area contributed by atoms with E-state index >= 15 is 0 Å². The summed E-state index contributed by atoms with van der Waals surface area (Å²) >= 11 is 0. The lowest BCUT2D eigenvalue weighted by molar-refractivity contribution is 0.0780. The first-order chi connectivity index (χ1) is 13.9. The summed E-state index contributed by atoms with van der Waals surface area (Å²) in [6.45, 7) is 4.12. The van der Waals surface area contributed by atoms with E-state index in [0.717, 1.165) is 11.3 Å². The van der Waals surface area contributed by atoms with E-state index in [4.69, 9.17) is 5.73 Å². The molecule has 8 nitrogen and oxygen atoms in total. The largest absolute Gasteiger partial charge is 0.340 e. The Kier molecular flexibility index (Phi) is 4.99. The van der Waals surface area contributed by atoms with Gasteiger partial charge in [0.15, 0.2) is 0 Å². The Hall–Kier alpha value is -2.94. The molecule has 9 heteroatoms. The smallest absolute Gasteiger partial charge is 0.322 e. The standard InChI is InChI=1S/C20H25FN6O2/c1-12-7-14(3-4-16(12)21)23-20(29)26-6-5-17-15(11-26)18-19(28)25(2)9-13(8-22)10-27(18)24-17/h3-4,7,13H,5-6,8-11,22H2,1-2H3,(H,23,29). The van der Waals surface area contributed by atoms with Gasteiger partial charge >= 0.3 is 6.03 Å². The minimum absolute atomic E-state index is 0.0916. The molecule has 0 spiro atoms. The van der Waals surface area contributed by atoms with Crippen LogP contribution < -0.4 is 11.1 Å². The summed E-state index contributed by atoms with van der Waals surface area (Å²) in [5, 5.41) is 7.46. The summed E-state index contributed by atoms with van der Waals surface area (Å²) in [5.41, 5.74) is 9.07. The van der Waals surface area contributed by atoms with Crippen LogP contribution in [-0.2, 0) is 19.5 Å². The van der Waals surface area contributed by atoms with Crippen LogP contribution in [0.15, 0.2) is 18.2 Å². The molecule has 0 aliphatic carbocycles. The van der Waals surface area contributed by atoms with E-state index in [1.54, 1.807) is 34.5 Å². The molecule has 1 aromatic carbocycles. The van der Waals surface area contributed by atoms with Crippen molar-refractivity contribution in [1.29, 1.82) is 0 Å². The van der Waals surface area contributed by atoms with E-state index in [2.05, 4.69) is 10.4 Å². The highest BCUT2D eigenvalue weighted by molar-refractivity contribution is 5.95. The van der Waals surface area contributed by atoms with Crippen molar-refractivity contribution in [3.8, 4) is 0 Å². The molecule has 154 valence electrons. The number of halogens is 1. The number of anilines is 1. The number of nitrogens with zero attached hydrogens (tertiary/aromatic N) is 4. The maximum absolute atomic E-state index is 13.5. The number of fused-ring (bicyclic) bond motifs is 3. The SMILES string of the molecule is Cc1cc(NC(=O)N2CCc3nn4c(c3C2)C(=O)N(C)CC(CN)C4)ccc1F. The van der Waals surface area contributed by atoms with Crippen LogP contribution in [0, 0.1) is 18.7 Å². The normalized spacial score (nSPS) is 18.9. The third-order valence-corrected chi connectivity index (χ3v) is 5.64. The number of hydrogen-bond donors (Lipinski definition) is 2. The summed E-state index contributed by atoms with van der Waals surface area (Å²) in [6.07, 6.45) is 0.579. The van der Waals surface area contributed by atoms with Crippen molar-refractivity contribution in [2.24, 2.45) is 11.7 Å². The molecule has 2 aliphatic heterocycles. The van der Waals surface area contributed by atoms with E-state index in [0.29, 0.717) is 56.1 Å². The highest BCUT2D eigenvalue weighted by Crippen LogP contribution is 2.27. The number of rotatable bonds is 2. The number of aromatic nitrogens is 2. The molecule has 4 rings (SSSR count). The van der Waals surface area contributed by atoms with Gasteiger partial charge in [0.05, 0.1) is 12.2 Å². The summed E-state index contributed by atoms with van der Waals surface area (Å²) < 4.78 is 15.2. The fourth-order valence-electron chi connectivity index (χ4n) is 4.00. The highest BCUT2D eigenvalue weighted by atomic mass is 19.1. The fraction of sp³-hybridized carbons (Fsp3) is 0.450. The molecule has 29 heavy (non-hydrogen) atoms. The molecular formula is C20H25FN6O2. The molecule has 0 saturated carbocycles. The quantitative estimate of drug-likeness (QED) is 0.800. The lowest BCUT2D eigenvalue weighted by atomic mass is 10.0. The Morgan fingerprint density at radius 1 is 1.38 bits per heavy atom. The second-order valence-electron chi connectivity index (χ2n) is 7.81. The molecule has 2 aliphatic rings. The molecule has 0 bridgehead atoms. The molecule has 1 unspecified atom stereocenters. The van der Waals surface area contributed by atoms with E-state index in [1.165, 1.54) is 12.1 Å². The van der Waals surface area contributed by atoms with Crippen molar-refractivity contribution >= 4 is 17.6 Å². The van der Waals surface area contributed by atoms with E-state index < -0.39 is 0 Å². The van der Waals surface area contributed by atoms with Gasteiger partial charge in [0, 0.05) is 50.3 Å². The summed E-state index contributed by atoms with van der Waals surface area (Å²) in [5.74, 6) is -0.259. The highest BCUT2D eigenvalue weighted by Gasteiger charge is 2.34. The van der Waals surface area contributed by atoms with Gasteiger partial charge in [-0.25, -0.2) is 9.18 Å². The minimum atomic E-state index is -0.313. The Labute approximate surface area is 168 Å². The van der Waals surface area contributed by atoms with Crippen LogP contribution in [0.25, 0.3) is 0 Å². The Balaban J connectivity index is 1.57. The van der Waals surface area contributed by atoms with E-state index in [9.17, 15) is 14.0 Å². The summed E-state index contributed by atoms with van der Waals surface area (Å²) in [7, 11) is 1.77. The minimum Gasteiger partial charge on any atom is -0.340 e. The van der Waals surface area contributed by atoms with Gasteiger partial charge in [-0.3, -0.25) is 9.48 Å². The Morgan fingerprint density at radius 2 is 2.17 bits per heavy atom. The topological polar surface area (TPSA) is 96.5 Å². The van der Waals surface area contributed by atoms with Crippen LogP contribution in [0.5, 0.6) is 0 Å². The Bertz CT molecular complexity index is 972. The van der Waals surface area contributed by atoms with E-state index in [1.807, 2.05) is 0 Å². The van der Waals surface area contributed by atoms with Gasteiger partial charge in [0.25, 0.3) is 5.91 Å². The molecule has 3 heterocycles. The second-order valence-corrected chi connectivity index (χ2v) is 7.81. The molecule has 3 amide bonds. The van der Waals surface area contributed by atoms with Gasteiger partial charge in [-0.05, 0) is 37.2 Å². The van der Waals surface area contributed by atoms with Gasteiger partial charge in [-0.15, -0.1) is 0 Å². The summed E-state index contributed by atoms with van der Waals surface area (Å²) in [6, 6.07) is 4.18. The van der Waals surface area contributed by atoms with Crippen LogP contribution in [-0.4, -0.2) is 58.2 Å². The van der Waals surface area contributed by atoms with Gasteiger partial charge in [-0.2, -0.15) is 5.10 Å². The van der Waals surface area contributed by atoms with Crippen molar-refractivity contribution in [1.82, 2.24) is 19.6 Å². The zero-order valence-electron chi connectivity index (χ0n) is 16.6. The van der Waals surface area contributed by atoms with Crippen molar-refractivity contribution in [2.75, 3.05) is 32.0 Å². The molecule has 2 aromatic rings. The van der Waals surface area contributed by atoms with E-state index in [-0.39, 0.29) is 23.7 Å². The first-order valence-corrected chi connectivity index (χ1v) is 9.73. The number of hydrogen-bond acceptors (Lipinski definition) is 4. The first kappa shape index (κ1) is 19.4. The fourth-order valence-corrected chi connectivity index (χ4v) is 4.00. The molecule has 1 atom stereocenters. The number of urea groups is 1. The predicted molar refractivity (Wildman–Crippen MR) is 106 cm³/mol. The molecular weight excluding hydrogens is 375 g/mol. The number of amides is 3. The number of nitrogens with two attached hydrogens (primary N) is 1. The van der Waals surface area contributed by atoms with Gasteiger partial charge in [-0.1, -0.05) is 0 Å². The van der Waals surface area contributed by atoms with Crippen molar-refractivity contribution in [2.45, 2.75) is 26.4 Å². The lowest BCUT2D eigenvalue weighted by Crippen LogP contribution is -2.39. The average Bonchev–Trinajstić information content (AvgIpc) is 3.00. The monoisotopic (exact) mass is 400 g/mol. The molecule has 0 saturated heterocycles. The molecule has 0 radical (unpaired) electrons. The lowest BCUT2D eigenvalue weighted by Gasteiger charge is -2.27. The number of benzene rings is 1. The van der Waals surface area contributed by atoms with Gasteiger partial charge in [0.2, 0.25) is 0 Å². The zero-order valence-corrected chi connectivity index (χ0v) is 16.6. The van der Waals surface area contributed by atoms with Crippen LogP contribution >= 0.6 is 0 Å². The van der Waals surface area contributed by atoms with Gasteiger partial charge in [0.1, 0.15) is 11.5 Å². The van der Waals surface area contributed by atoms with Crippen molar-refractivity contribution in [3.05, 3.63) is 46.5 Å². The third kappa shape index (κ3) is 3.57.